The summed E-state index contributed by atoms with van der Waals surface area (Å²) in [6.07, 6.45) is 0. The summed E-state index contributed by atoms with van der Waals surface area (Å²) >= 11 is 0. The van der Waals surface area contributed by atoms with Crippen LogP contribution in [0, 0.1) is 20.8 Å². The first-order valence-electron chi connectivity index (χ1n) is 11.2. The van der Waals surface area contributed by atoms with E-state index in [0.717, 1.165) is 28.2 Å². The van der Waals surface area contributed by atoms with Crippen molar-refractivity contribution in [2.24, 2.45) is 0 Å². The summed E-state index contributed by atoms with van der Waals surface area (Å²) in [4.78, 5) is 14.8. The van der Waals surface area contributed by atoms with Crippen molar-refractivity contribution in [2.75, 3.05) is 11.8 Å². The van der Waals surface area contributed by atoms with Gasteiger partial charge in [-0.05, 0) is 68.8 Å². The van der Waals surface area contributed by atoms with Crippen LogP contribution in [-0.2, 0) is 16.6 Å². The first-order chi connectivity index (χ1) is 16.7. The van der Waals surface area contributed by atoms with Crippen molar-refractivity contribution in [1.29, 1.82) is 0 Å². The van der Waals surface area contributed by atoms with E-state index in [0.29, 0.717) is 17.8 Å². The highest BCUT2D eigenvalue weighted by molar-refractivity contribution is 7.92. The number of carbonyl (C=O) groups is 1. The number of amides is 1. The van der Waals surface area contributed by atoms with Crippen LogP contribution in [0.1, 0.15) is 32.9 Å². The molecule has 35 heavy (non-hydrogen) atoms. The normalized spacial score (nSPS) is 11.3. The van der Waals surface area contributed by atoms with Gasteiger partial charge < -0.3 is 4.90 Å². The second-order valence-corrected chi connectivity index (χ2v) is 10.2. The molecule has 0 aliphatic rings. The zero-order valence-electron chi connectivity index (χ0n) is 20.2. The van der Waals surface area contributed by atoms with Gasteiger partial charge >= 0.3 is 0 Å². The average molecular weight is 489 g/mol. The molecular weight excluding hydrogens is 460 g/mol. The number of sulfonamides is 1. The number of aryl methyl sites for hydroxylation is 2. The van der Waals surface area contributed by atoms with E-state index in [1.165, 1.54) is 24.3 Å². The lowest BCUT2D eigenvalue weighted by molar-refractivity contribution is 0.0784. The predicted molar refractivity (Wildman–Crippen MR) is 137 cm³/mol. The van der Waals surface area contributed by atoms with Crippen LogP contribution in [0.15, 0.2) is 83.8 Å². The van der Waals surface area contributed by atoms with Gasteiger partial charge in [-0.2, -0.15) is 5.10 Å². The second kappa shape index (κ2) is 9.76. The Morgan fingerprint density at radius 1 is 0.914 bits per heavy atom. The van der Waals surface area contributed by atoms with Crippen molar-refractivity contribution < 1.29 is 13.2 Å². The smallest absolute Gasteiger partial charge is 0.261 e. The van der Waals surface area contributed by atoms with Gasteiger partial charge in [0.2, 0.25) is 0 Å². The lowest BCUT2D eigenvalue weighted by Gasteiger charge is -2.18. The van der Waals surface area contributed by atoms with Crippen LogP contribution in [0.5, 0.6) is 0 Å². The Kier molecular flexibility index (Phi) is 6.75. The van der Waals surface area contributed by atoms with E-state index in [4.69, 9.17) is 5.10 Å². The quantitative estimate of drug-likeness (QED) is 0.402. The van der Waals surface area contributed by atoms with Crippen molar-refractivity contribution in [3.63, 3.8) is 0 Å². The van der Waals surface area contributed by atoms with Crippen LogP contribution >= 0.6 is 0 Å². The second-order valence-electron chi connectivity index (χ2n) is 8.50. The minimum atomic E-state index is -3.75. The van der Waals surface area contributed by atoms with Crippen LogP contribution in [0.25, 0.3) is 5.69 Å². The van der Waals surface area contributed by atoms with Crippen LogP contribution in [0.4, 0.5) is 5.69 Å². The summed E-state index contributed by atoms with van der Waals surface area (Å²) in [5, 5.41) is 4.70. The molecule has 7 nitrogen and oxygen atoms in total. The molecule has 4 aromatic rings. The molecule has 180 valence electrons. The molecule has 1 amide bonds. The fourth-order valence-corrected chi connectivity index (χ4v) is 5.02. The molecular formula is C27H28N4O3S. The third-order valence-corrected chi connectivity index (χ3v) is 7.36. The topological polar surface area (TPSA) is 84.3 Å². The lowest BCUT2D eigenvalue weighted by atomic mass is 10.1. The highest BCUT2D eigenvalue weighted by atomic mass is 32.2. The number of benzene rings is 3. The van der Waals surface area contributed by atoms with Crippen molar-refractivity contribution >= 4 is 21.6 Å². The number of nitrogens with one attached hydrogen (secondary N) is 1. The third-order valence-electron chi connectivity index (χ3n) is 5.96. The number of nitrogens with zero attached hydrogens (tertiary/aromatic N) is 3. The summed E-state index contributed by atoms with van der Waals surface area (Å²) in [6.45, 7) is 6.37. The van der Waals surface area contributed by atoms with Gasteiger partial charge in [-0.3, -0.25) is 9.52 Å². The van der Waals surface area contributed by atoms with E-state index >= 15 is 0 Å². The third kappa shape index (κ3) is 5.12. The van der Waals surface area contributed by atoms with E-state index in [9.17, 15) is 13.2 Å². The Hall–Kier alpha value is -3.91. The Balaban J connectivity index is 1.50. The molecule has 0 unspecified atom stereocenters. The van der Waals surface area contributed by atoms with E-state index < -0.39 is 10.0 Å². The number of hydrogen-bond donors (Lipinski definition) is 1. The Labute approximate surface area is 206 Å². The molecule has 1 heterocycles. The maximum Gasteiger partial charge on any atom is 0.261 e. The largest absolute Gasteiger partial charge is 0.337 e. The van der Waals surface area contributed by atoms with Crippen LogP contribution in [0.3, 0.4) is 0 Å². The summed E-state index contributed by atoms with van der Waals surface area (Å²) in [6, 6.07) is 22.7. The number of hydrogen-bond acceptors (Lipinski definition) is 4. The minimum Gasteiger partial charge on any atom is -0.337 e. The van der Waals surface area contributed by atoms with E-state index in [2.05, 4.69) is 4.72 Å². The molecule has 3 aromatic carbocycles. The number of anilines is 1. The van der Waals surface area contributed by atoms with Gasteiger partial charge in [0.05, 0.1) is 16.3 Å². The van der Waals surface area contributed by atoms with E-state index in [1.54, 1.807) is 36.2 Å². The summed E-state index contributed by atoms with van der Waals surface area (Å²) in [7, 11) is -2.02. The number of aromatic nitrogens is 2. The van der Waals surface area contributed by atoms with Crippen molar-refractivity contribution in [3.05, 3.63) is 107 Å². The Morgan fingerprint density at radius 3 is 2.20 bits per heavy atom. The van der Waals surface area contributed by atoms with Gasteiger partial charge in [-0.15, -0.1) is 0 Å². The van der Waals surface area contributed by atoms with Gasteiger partial charge in [0.15, 0.2) is 0 Å². The molecule has 0 radical (unpaired) electrons. The molecule has 0 atom stereocenters. The molecule has 0 saturated heterocycles. The van der Waals surface area contributed by atoms with Gasteiger partial charge in [0.25, 0.3) is 15.9 Å². The zero-order chi connectivity index (χ0) is 25.2. The molecule has 0 aliphatic heterocycles. The average Bonchev–Trinajstić information content (AvgIpc) is 3.12. The molecule has 1 aromatic heterocycles. The van der Waals surface area contributed by atoms with Gasteiger partial charge in [-0.25, -0.2) is 13.1 Å². The Bertz CT molecular complexity index is 1460. The van der Waals surface area contributed by atoms with Gasteiger partial charge in [0, 0.05) is 36.1 Å². The van der Waals surface area contributed by atoms with E-state index in [-0.39, 0.29) is 10.8 Å². The highest BCUT2D eigenvalue weighted by Gasteiger charge is 2.20. The SMILES string of the molecule is Cc1ccccc1-n1nc(C)c(CN(C)C(=O)c2ccc(S(=O)(=O)Nc3ccccc3)cc2)c1C. The molecule has 1 N–H and O–H groups in total. The van der Waals surface area contributed by atoms with E-state index in [1.807, 2.05) is 55.8 Å². The van der Waals surface area contributed by atoms with Gasteiger partial charge in [-0.1, -0.05) is 36.4 Å². The van der Waals surface area contributed by atoms with Crippen LogP contribution < -0.4 is 4.72 Å². The molecule has 0 saturated carbocycles. The van der Waals surface area contributed by atoms with Crippen LogP contribution in [-0.4, -0.2) is 36.1 Å². The number of para-hydroxylation sites is 2. The maximum absolute atomic E-state index is 13.1. The maximum atomic E-state index is 13.1. The monoisotopic (exact) mass is 488 g/mol. The molecule has 0 bridgehead atoms. The fourth-order valence-electron chi connectivity index (χ4n) is 3.97. The molecule has 8 heteroatoms. The fraction of sp³-hybridized carbons (Fsp3) is 0.185. The van der Waals surface area contributed by atoms with Crippen molar-refractivity contribution in [1.82, 2.24) is 14.7 Å². The van der Waals surface area contributed by atoms with Crippen molar-refractivity contribution in [3.8, 4) is 5.69 Å². The lowest BCUT2D eigenvalue weighted by Crippen LogP contribution is -2.26. The van der Waals surface area contributed by atoms with Gasteiger partial charge in [0.1, 0.15) is 0 Å². The standard InChI is InChI=1S/C27H28N4O3S/c1-19-10-8-9-13-26(19)31-21(3)25(20(2)28-31)18-30(4)27(32)22-14-16-24(17-15-22)35(33,34)29-23-11-6-5-7-12-23/h5-17,29H,18H2,1-4H3. The van der Waals surface area contributed by atoms with Crippen LogP contribution in [0.2, 0.25) is 0 Å². The highest BCUT2D eigenvalue weighted by Crippen LogP contribution is 2.22. The predicted octanol–water partition coefficient (Wildman–Crippen LogP) is 4.87. The first-order valence-corrected chi connectivity index (χ1v) is 12.7. The molecule has 0 aliphatic carbocycles. The minimum absolute atomic E-state index is 0.0896. The Morgan fingerprint density at radius 2 is 1.54 bits per heavy atom. The molecule has 4 rings (SSSR count). The number of rotatable bonds is 7. The summed E-state index contributed by atoms with van der Waals surface area (Å²) in [5.41, 5.74) is 5.83. The zero-order valence-corrected chi connectivity index (χ0v) is 21.0. The number of carbonyl (C=O) groups excluding carboxylic acids is 1. The summed E-state index contributed by atoms with van der Waals surface area (Å²) in [5.74, 6) is -0.201. The summed E-state index contributed by atoms with van der Waals surface area (Å²) < 4.78 is 29.8. The molecule has 0 spiro atoms. The first kappa shape index (κ1) is 24.2. The van der Waals surface area contributed by atoms with Crippen molar-refractivity contribution in [2.45, 2.75) is 32.2 Å². The molecule has 0 fully saturated rings.